The van der Waals surface area contributed by atoms with Crippen molar-refractivity contribution in [2.75, 3.05) is 0 Å². The number of hydrogen-bond donors (Lipinski definition) is 2. The molecule has 1 amide bonds. The Bertz CT molecular complexity index is 2710. The molecule has 1 saturated carbocycles. The predicted octanol–water partition coefficient (Wildman–Crippen LogP) is 8.71. The number of hydrogen-bond acceptors (Lipinski definition) is 7. The number of carboxylic acids is 1. The van der Waals surface area contributed by atoms with Crippen molar-refractivity contribution in [3.05, 3.63) is 151 Å². The van der Waals surface area contributed by atoms with E-state index < -0.39 is 17.4 Å². The molecular formula is C45H37N7O3. The van der Waals surface area contributed by atoms with Gasteiger partial charge in [0.25, 0.3) is 5.91 Å². The zero-order chi connectivity index (χ0) is 37.4. The molecule has 1 unspecified atom stereocenters. The number of amides is 1. The first kappa shape index (κ1) is 34.0. The van der Waals surface area contributed by atoms with Gasteiger partial charge in [0, 0.05) is 41.5 Å². The molecule has 8 aromatic rings. The minimum atomic E-state index is -1.81. The first-order valence-electron chi connectivity index (χ1n) is 18.6. The second kappa shape index (κ2) is 14.2. The number of rotatable bonds is 9. The van der Waals surface area contributed by atoms with E-state index in [1.165, 1.54) is 6.42 Å². The summed E-state index contributed by atoms with van der Waals surface area (Å²) in [5, 5.41) is 13.9. The summed E-state index contributed by atoms with van der Waals surface area (Å²) in [5.74, 6) is -0.912. The molecule has 5 aromatic carbocycles. The van der Waals surface area contributed by atoms with Gasteiger partial charge in [-0.15, -0.1) is 0 Å². The lowest BCUT2D eigenvalue weighted by molar-refractivity contribution is -0.145. The van der Waals surface area contributed by atoms with E-state index in [0.29, 0.717) is 27.7 Å². The minimum absolute atomic E-state index is 0.0141. The van der Waals surface area contributed by atoms with Crippen molar-refractivity contribution < 1.29 is 14.7 Å². The van der Waals surface area contributed by atoms with Crippen molar-refractivity contribution in [1.82, 2.24) is 34.8 Å². The first-order chi connectivity index (χ1) is 26.9. The number of imidazole rings is 1. The number of benzene rings is 5. The lowest BCUT2D eigenvalue weighted by Gasteiger charge is -2.31. The summed E-state index contributed by atoms with van der Waals surface area (Å²) in [5.41, 5.74) is 6.64. The van der Waals surface area contributed by atoms with E-state index in [1.807, 2.05) is 84.9 Å². The quantitative estimate of drug-likeness (QED) is 0.151. The smallest absolute Gasteiger partial charge is 0.334 e. The van der Waals surface area contributed by atoms with Crippen LogP contribution in [-0.2, 0) is 16.8 Å². The van der Waals surface area contributed by atoms with Gasteiger partial charge in [0.15, 0.2) is 5.54 Å². The summed E-state index contributed by atoms with van der Waals surface area (Å²) < 4.78 is 2.32. The minimum Gasteiger partial charge on any atom is -0.479 e. The Kier molecular flexibility index (Phi) is 8.78. The van der Waals surface area contributed by atoms with Crippen molar-refractivity contribution in [1.29, 1.82) is 0 Å². The van der Waals surface area contributed by atoms with Gasteiger partial charge in [0.2, 0.25) is 0 Å². The molecule has 0 saturated heterocycles. The number of nitrogens with zero attached hydrogens (tertiary/aromatic N) is 6. The van der Waals surface area contributed by atoms with Gasteiger partial charge in [-0.1, -0.05) is 86.0 Å². The van der Waals surface area contributed by atoms with Crippen LogP contribution in [0.2, 0.25) is 0 Å². The zero-order valence-electron chi connectivity index (χ0n) is 30.0. The molecule has 0 radical (unpaired) electrons. The molecule has 55 heavy (non-hydrogen) atoms. The third kappa shape index (κ3) is 6.45. The Hall–Kier alpha value is -6.81. The predicted molar refractivity (Wildman–Crippen MR) is 212 cm³/mol. The van der Waals surface area contributed by atoms with Crippen LogP contribution in [0.5, 0.6) is 0 Å². The lowest BCUT2D eigenvalue weighted by atomic mass is 9.83. The molecule has 1 aliphatic carbocycles. The van der Waals surface area contributed by atoms with E-state index in [4.69, 9.17) is 15.0 Å². The fourth-order valence-electron chi connectivity index (χ4n) is 7.92. The highest BCUT2D eigenvalue weighted by Crippen LogP contribution is 2.37. The van der Waals surface area contributed by atoms with Crippen molar-refractivity contribution >= 4 is 45.0 Å². The maximum absolute atomic E-state index is 14.3. The normalized spacial score (nSPS) is 14.5. The number of fused-ring (bicyclic) bond motifs is 3. The number of aliphatic carboxylic acids is 1. The van der Waals surface area contributed by atoms with Gasteiger partial charge >= 0.3 is 5.97 Å². The molecule has 3 heterocycles. The second-order valence-corrected chi connectivity index (χ2v) is 14.2. The molecule has 2 N–H and O–H groups in total. The van der Waals surface area contributed by atoms with Crippen molar-refractivity contribution in [3.63, 3.8) is 0 Å². The van der Waals surface area contributed by atoms with Crippen molar-refractivity contribution in [3.8, 4) is 22.6 Å². The number of nitrogens with one attached hydrogen (secondary N) is 1. The zero-order valence-corrected chi connectivity index (χ0v) is 30.0. The molecule has 0 bridgehead atoms. The van der Waals surface area contributed by atoms with Crippen LogP contribution < -0.4 is 5.32 Å². The molecule has 0 aliphatic heterocycles. The Morgan fingerprint density at radius 1 is 0.691 bits per heavy atom. The Labute approximate surface area is 317 Å². The molecule has 1 aliphatic rings. The first-order valence-corrected chi connectivity index (χ1v) is 18.6. The van der Waals surface area contributed by atoms with E-state index in [-0.39, 0.29) is 12.5 Å². The maximum Gasteiger partial charge on any atom is 0.334 e. The molecule has 1 fully saturated rings. The van der Waals surface area contributed by atoms with E-state index in [1.54, 1.807) is 48.9 Å². The van der Waals surface area contributed by atoms with Crippen LogP contribution in [0.15, 0.2) is 134 Å². The van der Waals surface area contributed by atoms with Gasteiger partial charge in [-0.25, -0.2) is 14.8 Å². The molecule has 1 atom stereocenters. The number of aromatic nitrogens is 6. The third-order valence-electron chi connectivity index (χ3n) is 10.7. The van der Waals surface area contributed by atoms with Crippen molar-refractivity contribution in [2.45, 2.75) is 50.1 Å². The molecular weight excluding hydrogens is 687 g/mol. The van der Waals surface area contributed by atoms with Crippen LogP contribution in [0.3, 0.4) is 0 Å². The van der Waals surface area contributed by atoms with Crippen LogP contribution in [0.25, 0.3) is 55.7 Å². The van der Waals surface area contributed by atoms with Gasteiger partial charge in [0.1, 0.15) is 5.82 Å². The van der Waals surface area contributed by atoms with Gasteiger partial charge in [-0.2, -0.15) is 0 Å². The number of carboxylic acid groups (broad SMARTS) is 1. The van der Waals surface area contributed by atoms with Gasteiger partial charge in [0.05, 0.1) is 45.0 Å². The van der Waals surface area contributed by atoms with Crippen LogP contribution >= 0.6 is 0 Å². The highest BCUT2D eigenvalue weighted by Gasteiger charge is 2.43. The molecule has 10 heteroatoms. The van der Waals surface area contributed by atoms with Gasteiger partial charge in [-0.05, 0) is 72.5 Å². The monoisotopic (exact) mass is 723 g/mol. The van der Waals surface area contributed by atoms with Gasteiger partial charge < -0.3 is 15.0 Å². The van der Waals surface area contributed by atoms with Crippen molar-refractivity contribution in [2.24, 2.45) is 0 Å². The summed E-state index contributed by atoms with van der Waals surface area (Å²) in [4.78, 5) is 51.4. The lowest BCUT2D eigenvalue weighted by Crippen LogP contribution is -2.53. The maximum atomic E-state index is 14.3. The fraction of sp³-hybridized carbons (Fsp3) is 0.178. The van der Waals surface area contributed by atoms with Crippen LogP contribution in [0.4, 0.5) is 0 Å². The summed E-state index contributed by atoms with van der Waals surface area (Å²) in [6.07, 6.45) is 10.5. The highest BCUT2D eigenvalue weighted by atomic mass is 16.4. The van der Waals surface area contributed by atoms with Crippen LogP contribution in [0, 0.1) is 0 Å². The Morgan fingerprint density at radius 2 is 1.42 bits per heavy atom. The van der Waals surface area contributed by atoms with E-state index in [2.05, 4.69) is 19.9 Å². The largest absolute Gasteiger partial charge is 0.479 e. The van der Waals surface area contributed by atoms with Crippen LogP contribution in [0.1, 0.15) is 59.6 Å². The molecule has 0 spiro atoms. The molecule has 3 aromatic heterocycles. The second-order valence-electron chi connectivity index (χ2n) is 14.2. The van der Waals surface area contributed by atoms with E-state index in [0.717, 1.165) is 70.4 Å². The molecule has 10 nitrogen and oxygen atoms in total. The summed E-state index contributed by atoms with van der Waals surface area (Å²) in [7, 11) is 0. The average Bonchev–Trinajstić information content (AvgIpc) is 3.63. The van der Waals surface area contributed by atoms with Crippen LogP contribution in [-0.4, -0.2) is 46.5 Å². The standard InChI is InChI=1S/C45H37N7O3/c53-43(51-45(44(54)55,27-29-10-4-1-5-11-29)33-18-20-35-37(26-33)47-23-22-46-35)32-17-21-41-39(25-32)50-42(52(41)34-14-8-3-9-15-34)31-16-19-36-38(24-31)49-40(28-48-36)30-12-6-2-7-13-30/h1-2,4-7,10-13,16-26,28,34H,3,8-9,14-15,27H2,(H,51,53)(H,54,55). The third-order valence-corrected chi connectivity index (χ3v) is 10.7. The Morgan fingerprint density at radius 3 is 2.20 bits per heavy atom. The van der Waals surface area contributed by atoms with E-state index >= 15 is 0 Å². The van der Waals surface area contributed by atoms with Gasteiger partial charge in [-0.3, -0.25) is 19.7 Å². The average molecular weight is 724 g/mol. The Balaban J connectivity index is 1.13. The highest BCUT2D eigenvalue weighted by molar-refractivity contribution is 6.01. The number of carbonyl (C=O) groups excluding carboxylic acids is 1. The van der Waals surface area contributed by atoms with E-state index in [9.17, 15) is 14.7 Å². The molecule has 9 rings (SSSR count). The summed E-state index contributed by atoms with van der Waals surface area (Å²) in [6.45, 7) is 0. The summed E-state index contributed by atoms with van der Waals surface area (Å²) in [6, 6.07) is 36.2. The topological polar surface area (TPSA) is 136 Å². The summed E-state index contributed by atoms with van der Waals surface area (Å²) >= 11 is 0. The SMILES string of the molecule is O=C(NC(Cc1ccccc1)(C(=O)O)c1ccc2nccnc2c1)c1ccc2c(c1)nc(-c1ccc3ncc(-c4ccccc4)nc3c1)n2C1CCCCC1. The fourth-order valence-corrected chi connectivity index (χ4v) is 7.92. The molecule has 270 valence electrons. The number of carbonyl (C=O) groups is 2.